The van der Waals surface area contributed by atoms with Crippen molar-refractivity contribution >= 4 is 17.3 Å². The fourth-order valence-corrected chi connectivity index (χ4v) is 3.79. The minimum atomic E-state index is 0.141. The van der Waals surface area contributed by atoms with E-state index < -0.39 is 0 Å². The van der Waals surface area contributed by atoms with Crippen LogP contribution in [0.4, 0.5) is 0 Å². The van der Waals surface area contributed by atoms with Gasteiger partial charge >= 0.3 is 0 Å². The quantitative estimate of drug-likeness (QED) is 0.686. The van der Waals surface area contributed by atoms with Crippen LogP contribution < -0.4 is 5.32 Å². The Morgan fingerprint density at radius 2 is 2.27 bits per heavy atom. The van der Waals surface area contributed by atoms with Gasteiger partial charge in [-0.05, 0) is 18.8 Å². The van der Waals surface area contributed by atoms with Crippen molar-refractivity contribution in [3.63, 3.8) is 0 Å². The maximum absolute atomic E-state index is 4.75. The van der Waals surface area contributed by atoms with Gasteiger partial charge in [-0.3, -0.25) is 4.99 Å². The molecule has 0 bridgehead atoms. The molecule has 5 heteroatoms. The Hall–Kier alpha value is -1.10. The highest BCUT2D eigenvalue weighted by atomic mass is 32.1. The Morgan fingerprint density at radius 1 is 1.50 bits per heavy atom. The number of guanidine groups is 1. The summed E-state index contributed by atoms with van der Waals surface area (Å²) < 4.78 is 0. The van der Waals surface area contributed by atoms with Gasteiger partial charge in [-0.2, -0.15) is 0 Å². The molecule has 22 heavy (non-hydrogen) atoms. The van der Waals surface area contributed by atoms with Crippen molar-refractivity contribution in [3.05, 3.63) is 16.1 Å². The lowest BCUT2D eigenvalue weighted by molar-refractivity contribution is 0.266. The van der Waals surface area contributed by atoms with Crippen molar-refractivity contribution in [2.45, 2.75) is 52.4 Å². The summed E-state index contributed by atoms with van der Waals surface area (Å²) in [5.41, 5.74) is 1.34. The molecule has 2 rings (SSSR count). The third-order valence-corrected chi connectivity index (χ3v) is 5.02. The minimum absolute atomic E-state index is 0.141. The molecular weight excluding hydrogens is 292 g/mol. The van der Waals surface area contributed by atoms with Crippen molar-refractivity contribution < 1.29 is 0 Å². The highest BCUT2D eigenvalue weighted by Gasteiger charge is 2.19. The number of aliphatic imine (C=N–C) groups is 1. The lowest BCUT2D eigenvalue weighted by Crippen LogP contribution is -2.46. The van der Waals surface area contributed by atoms with E-state index >= 15 is 0 Å². The summed E-state index contributed by atoms with van der Waals surface area (Å²) in [7, 11) is 1.88. The summed E-state index contributed by atoms with van der Waals surface area (Å²) >= 11 is 1.77. The predicted octanol–water partition coefficient (Wildman–Crippen LogP) is 3.29. The second kappa shape index (κ2) is 7.44. The number of thiazole rings is 1. The molecule has 1 atom stereocenters. The van der Waals surface area contributed by atoms with Crippen LogP contribution in [0.1, 0.15) is 51.2 Å². The maximum Gasteiger partial charge on any atom is 0.193 e. The molecule has 1 aromatic rings. The Labute approximate surface area is 139 Å². The summed E-state index contributed by atoms with van der Waals surface area (Å²) in [5.74, 6) is 1.81. The van der Waals surface area contributed by atoms with Gasteiger partial charge in [0.1, 0.15) is 0 Å². The molecule has 0 aliphatic carbocycles. The first-order valence-corrected chi connectivity index (χ1v) is 9.18. The van der Waals surface area contributed by atoms with Crippen LogP contribution in [0.5, 0.6) is 0 Å². The molecule has 124 valence electrons. The van der Waals surface area contributed by atoms with Gasteiger partial charge in [-0.25, -0.2) is 4.98 Å². The number of piperidine rings is 1. The molecule has 1 saturated heterocycles. The summed E-state index contributed by atoms with van der Waals surface area (Å²) in [6, 6.07) is 0. The lowest BCUT2D eigenvalue weighted by Gasteiger charge is -2.33. The van der Waals surface area contributed by atoms with Crippen molar-refractivity contribution in [1.82, 2.24) is 15.2 Å². The van der Waals surface area contributed by atoms with Crippen LogP contribution in [-0.4, -0.2) is 42.5 Å². The molecule has 0 saturated carbocycles. The Bertz CT molecular complexity index is 501. The fraction of sp³-hybridized carbons (Fsp3) is 0.765. The Kier molecular flexibility index (Phi) is 5.84. The highest BCUT2D eigenvalue weighted by Crippen LogP contribution is 2.24. The van der Waals surface area contributed by atoms with E-state index in [0.717, 1.165) is 37.9 Å². The van der Waals surface area contributed by atoms with Gasteiger partial charge in [-0.15, -0.1) is 11.3 Å². The van der Waals surface area contributed by atoms with Crippen LogP contribution in [0.2, 0.25) is 0 Å². The average Bonchev–Trinajstić information content (AvgIpc) is 2.92. The molecule has 0 spiro atoms. The number of nitrogens with one attached hydrogen (secondary N) is 1. The third kappa shape index (κ3) is 4.70. The molecule has 1 aliphatic rings. The van der Waals surface area contributed by atoms with Crippen LogP contribution in [0.3, 0.4) is 0 Å². The first kappa shape index (κ1) is 17.3. The van der Waals surface area contributed by atoms with Gasteiger partial charge in [0.2, 0.25) is 0 Å². The van der Waals surface area contributed by atoms with Gasteiger partial charge in [0.05, 0.1) is 10.7 Å². The van der Waals surface area contributed by atoms with Crippen LogP contribution in [-0.2, 0) is 11.8 Å². The molecule has 1 unspecified atom stereocenters. The second-order valence-corrected chi connectivity index (χ2v) is 8.24. The molecule has 0 radical (unpaired) electrons. The molecule has 1 aliphatic heterocycles. The SMILES string of the molecule is CN=C(NCCc1nc(C(C)(C)C)cs1)N1CCCC(C)C1. The number of likely N-dealkylation sites (tertiary alicyclic amines) is 1. The number of nitrogens with zero attached hydrogens (tertiary/aromatic N) is 3. The monoisotopic (exact) mass is 322 g/mol. The Morgan fingerprint density at radius 3 is 2.86 bits per heavy atom. The zero-order valence-electron chi connectivity index (χ0n) is 14.6. The summed E-state index contributed by atoms with van der Waals surface area (Å²) in [6.07, 6.45) is 3.56. The van der Waals surface area contributed by atoms with Gasteiger partial charge in [-0.1, -0.05) is 27.7 Å². The van der Waals surface area contributed by atoms with Crippen molar-refractivity contribution in [2.75, 3.05) is 26.7 Å². The molecule has 2 heterocycles. The minimum Gasteiger partial charge on any atom is -0.356 e. The van der Waals surface area contributed by atoms with Gasteiger partial charge in [0.15, 0.2) is 5.96 Å². The summed E-state index contributed by atoms with van der Waals surface area (Å²) in [4.78, 5) is 11.6. The zero-order chi connectivity index (χ0) is 16.2. The van der Waals surface area contributed by atoms with E-state index in [-0.39, 0.29) is 5.41 Å². The lowest BCUT2D eigenvalue weighted by atomic mass is 9.93. The standard InChI is InChI=1S/C17H30N4S/c1-13-7-6-10-21(11-13)16(18-5)19-9-8-15-20-14(12-22-15)17(2,3)4/h12-13H,6-11H2,1-5H3,(H,18,19). The smallest absolute Gasteiger partial charge is 0.193 e. The number of hydrogen-bond acceptors (Lipinski definition) is 3. The largest absolute Gasteiger partial charge is 0.356 e. The highest BCUT2D eigenvalue weighted by molar-refractivity contribution is 7.09. The molecule has 1 aromatic heterocycles. The average molecular weight is 323 g/mol. The van der Waals surface area contributed by atoms with Gasteiger partial charge in [0, 0.05) is 43.9 Å². The fourth-order valence-electron chi connectivity index (χ4n) is 2.77. The van der Waals surface area contributed by atoms with Crippen molar-refractivity contribution in [1.29, 1.82) is 0 Å². The summed E-state index contributed by atoms with van der Waals surface area (Å²) in [6.45, 7) is 12.1. The van der Waals surface area contributed by atoms with Crippen molar-refractivity contribution in [2.24, 2.45) is 10.9 Å². The number of aromatic nitrogens is 1. The van der Waals surface area contributed by atoms with E-state index in [4.69, 9.17) is 4.98 Å². The maximum atomic E-state index is 4.75. The van der Waals surface area contributed by atoms with Gasteiger partial charge in [0.25, 0.3) is 0 Å². The second-order valence-electron chi connectivity index (χ2n) is 7.29. The normalized spacial score (nSPS) is 20.3. The molecule has 4 nitrogen and oxygen atoms in total. The van der Waals surface area contributed by atoms with Crippen LogP contribution >= 0.6 is 11.3 Å². The first-order valence-electron chi connectivity index (χ1n) is 8.30. The van der Waals surface area contributed by atoms with Crippen LogP contribution in [0.15, 0.2) is 10.4 Å². The number of rotatable bonds is 3. The number of hydrogen-bond donors (Lipinski definition) is 1. The Balaban J connectivity index is 1.83. The molecule has 0 aromatic carbocycles. The van der Waals surface area contributed by atoms with Crippen molar-refractivity contribution in [3.8, 4) is 0 Å². The predicted molar refractivity (Wildman–Crippen MR) is 95.9 cm³/mol. The van der Waals surface area contributed by atoms with E-state index in [1.807, 2.05) is 7.05 Å². The zero-order valence-corrected chi connectivity index (χ0v) is 15.5. The van der Waals surface area contributed by atoms with E-state index in [1.54, 1.807) is 11.3 Å². The molecule has 1 N–H and O–H groups in total. The van der Waals surface area contributed by atoms with E-state index in [2.05, 4.69) is 48.3 Å². The molecular formula is C17H30N4S. The van der Waals surface area contributed by atoms with E-state index in [9.17, 15) is 0 Å². The third-order valence-electron chi connectivity index (χ3n) is 4.11. The molecule has 0 amide bonds. The topological polar surface area (TPSA) is 40.5 Å². The summed E-state index contributed by atoms with van der Waals surface area (Å²) in [5, 5.41) is 6.90. The van der Waals surface area contributed by atoms with E-state index in [1.165, 1.54) is 23.5 Å². The van der Waals surface area contributed by atoms with Gasteiger partial charge < -0.3 is 10.2 Å². The van der Waals surface area contributed by atoms with E-state index in [0.29, 0.717) is 0 Å². The van der Waals surface area contributed by atoms with Crippen LogP contribution in [0.25, 0.3) is 0 Å². The first-order chi connectivity index (χ1) is 10.4. The molecule has 1 fully saturated rings. The van der Waals surface area contributed by atoms with Crippen LogP contribution in [0, 0.1) is 5.92 Å².